The minimum Gasteiger partial charge on any atom is -0.387 e. The number of rotatable bonds is 2. The summed E-state index contributed by atoms with van der Waals surface area (Å²) in [5.41, 5.74) is 0.878. The lowest BCUT2D eigenvalue weighted by Crippen LogP contribution is -2.06. The predicted octanol–water partition coefficient (Wildman–Crippen LogP) is 1.99. The normalized spacial score (nSPS) is 14.8. The van der Waals surface area contributed by atoms with Crippen molar-refractivity contribution in [3.05, 3.63) is 35.9 Å². The van der Waals surface area contributed by atoms with E-state index in [0.29, 0.717) is 0 Å². The zero-order valence-electron chi connectivity index (χ0n) is 7.07. The second kappa shape index (κ2) is 3.94. The summed E-state index contributed by atoms with van der Waals surface area (Å²) < 4.78 is 0. The zero-order valence-corrected chi connectivity index (χ0v) is 7.07. The summed E-state index contributed by atoms with van der Waals surface area (Å²) in [6.07, 6.45) is 4.66. The van der Waals surface area contributed by atoms with Gasteiger partial charge in [0.05, 0.1) is 6.10 Å². The molecule has 0 unspecified atom stereocenters. The molecule has 0 radical (unpaired) electrons. The van der Waals surface area contributed by atoms with Crippen molar-refractivity contribution < 1.29 is 5.11 Å². The SMILES string of the molecule is C#C[C@@H](C)[C@H](O)c1ccccc1. The molecule has 0 aromatic heterocycles. The van der Waals surface area contributed by atoms with Crippen molar-refractivity contribution in [2.24, 2.45) is 5.92 Å². The Balaban J connectivity index is 2.80. The number of benzene rings is 1. The third kappa shape index (κ3) is 1.87. The third-order valence-corrected chi connectivity index (χ3v) is 1.88. The molecule has 0 aliphatic carbocycles. The van der Waals surface area contributed by atoms with E-state index in [1.807, 2.05) is 37.3 Å². The van der Waals surface area contributed by atoms with E-state index < -0.39 is 6.10 Å². The standard InChI is InChI=1S/C11H12O/c1-3-9(2)11(12)10-7-5-4-6-8-10/h1,4-9,11-12H,2H3/t9-,11+/m1/s1. The van der Waals surface area contributed by atoms with Gasteiger partial charge >= 0.3 is 0 Å². The summed E-state index contributed by atoms with van der Waals surface area (Å²) in [7, 11) is 0. The fraction of sp³-hybridized carbons (Fsp3) is 0.273. The summed E-state index contributed by atoms with van der Waals surface area (Å²) in [6.45, 7) is 1.83. The first-order valence-corrected chi connectivity index (χ1v) is 3.95. The van der Waals surface area contributed by atoms with Crippen molar-refractivity contribution >= 4 is 0 Å². The van der Waals surface area contributed by atoms with Gasteiger partial charge in [-0.15, -0.1) is 12.3 Å². The Morgan fingerprint density at radius 2 is 1.92 bits per heavy atom. The van der Waals surface area contributed by atoms with Gasteiger partial charge in [-0.3, -0.25) is 0 Å². The van der Waals surface area contributed by atoms with Crippen molar-refractivity contribution in [1.29, 1.82) is 0 Å². The Labute approximate surface area is 73.0 Å². The van der Waals surface area contributed by atoms with Crippen molar-refractivity contribution in [2.45, 2.75) is 13.0 Å². The molecule has 1 rings (SSSR count). The molecule has 1 aromatic carbocycles. The van der Waals surface area contributed by atoms with E-state index in [1.165, 1.54) is 0 Å². The largest absolute Gasteiger partial charge is 0.387 e. The van der Waals surface area contributed by atoms with Gasteiger partial charge in [-0.25, -0.2) is 0 Å². The Kier molecular flexibility index (Phi) is 2.90. The predicted molar refractivity (Wildman–Crippen MR) is 49.4 cm³/mol. The van der Waals surface area contributed by atoms with E-state index >= 15 is 0 Å². The summed E-state index contributed by atoms with van der Waals surface area (Å²) >= 11 is 0. The smallest absolute Gasteiger partial charge is 0.0924 e. The molecule has 0 bridgehead atoms. The molecule has 0 aliphatic heterocycles. The molecule has 0 aliphatic rings. The molecule has 0 spiro atoms. The molecule has 0 saturated carbocycles. The molecule has 12 heavy (non-hydrogen) atoms. The lowest BCUT2D eigenvalue weighted by atomic mass is 9.98. The fourth-order valence-electron chi connectivity index (χ4n) is 1.03. The molecule has 0 saturated heterocycles. The molecule has 1 aromatic rings. The maximum atomic E-state index is 9.65. The van der Waals surface area contributed by atoms with Crippen molar-refractivity contribution in [1.82, 2.24) is 0 Å². The van der Waals surface area contributed by atoms with Gasteiger partial charge in [0.25, 0.3) is 0 Å². The van der Waals surface area contributed by atoms with Crippen LogP contribution in [0.1, 0.15) is 18.6 Å². The van der Waals surface area contributed by atoms with Crippen LogP contribution in [0.3, 0.4) is 0 Å². The van der Waals surface area contributed by atoms with E-state index in [4.69, 9.17) is 6.42 Å². The van der Waals surface area contributed by atoms with Crippen LogP contribution in [0.5, 0.6) is 0 Å². The van der Waals surface area contributed by atoms with Gasteiger partial charge in [-0.2, -0.15) is 0 Å². The van der Waals surface area contributed by atoms with E-state index in [-0.39, 0.29) is 5.92 Å². The maximum absolute atomic E-state index is 9.65. The molecular weight excluding hydrogens is 148 g/mol. The number of terminal acetylenes is 1. The molecule has 1 nitrogen and oxygen atoms in total. The second-order valence-electron chi connectivity index (χ2n) is 2.81. The van der Waals surface area contributed by atoms with Gasteiger partial charge in [0.1, 0.15) is 0 Å². The Morgan fingerprint density at radius 3 is 2.42 bits per heavy atom. The van der Waals surface area contributed by atoms with Gasteiger partial charge in [0, 0.05) is 5.92 Å². The van der Waals surface area contributed by atoms with Crippen molar-refractivity contribution in [3.63, 3.8) is 0 Å². The quantitative estimate of drug-likeness (QED) is 0.656. The van der Waals surface area contributed by atoms with Gasteiger partial charge in [0.15, 0.2) is 0 Å². The van der Waals surface area contributed by atoms with E-state index in [1.54, 1.807) is 0 Å². The molecule has 0 heterocycles. The minimum atomic E-state index is -0.545. The van der Waals surface area contributed by atoms with Crippen LogP contribution in [0.4, 0.5) is 0 Å². The lowest BCUT2D eigenvalue weighted by molar-refractivity contribution is 0.144. The van der Waals surface area contributed by atoms with E-state index in [2.05, 4.69) is 5.92 Å². The molecule has 1 N–H and O–H groups in total. The lowest BCUT2D eigenvalue weighted by Gasteiger charge is -2.13. The Hall–Kier alpha value is -1.26. The fourth-order valence-corrected chi connectivity index (χ4v) is 1.03. The third-order valence-electron chi connectivity index (χ3n) is 1.88. The Morgan fingerprint density at radius 1 is 1.33 bits per heavy atom. The highest BCUT2D eigenvalue weighted by Crippen LogP contribution is 2.20. The second-order valence-corrected chi connectivity index (χ2v) is 2.81. The van der Waals surface area contributed by atoms with Gasteiger partial charge in [0.2, 0.25) is 0 Å². The maximum Gasteiger partial charge on any atom is 0.0924 e. The van der Waals surface area contributed by atoms with Gasteiger partial charge in [-0.05, 0) is 12.5 Å². The molecule has 0 fully saturated rings. The van der Waals surface area contributed by atoms with Crippen LogP contribution >= 0.6 is 0 Å². The molecule has 62 valence electrons. The van der Waals surface area contributed by atoms with Crippen LogP contribution in [0.15, 0.2) is 30.3 Å². The van der Waals surface area contributed by atoms with Crippen molar-refractivity contribution in [2.75, 3.05) is 0 Å². The van der Waals surface area contributed by atoms with Gasteiger partial charge in [-0.1, -0.05) is 30.3 Å². The minimum absolute atomic E-state index is 0.132. The first-order valence-electron chi connectivity index (χ1n) is 3.95. The molecule has 2 atom stereocenters. The summed E-state index contributed by atoms with van der Waals surface area (Å²) in [4.78, 5) is 0. The zero-order chi connectivity index (χ0) is 8.97. The monoisotopic (exact) mass is 160 g/mol. The average molecular weight is 160 g/mol. The van der Waals surface area contributed by atoms with Crippen LogP contribution in [0, 0.1) is 18.3 Å². The first kappa shape index (κ1) is 8.83. The Bertz CT molecular complexity index is 271. The number of hydrogen-bond acceptors (Lipinski definition) is 1. The number of aliphatic hydroxyl groups excluding tert-OH is 1. The molecular formula is C11H12O. The first-order chi connectivity index (χ1) is 5.75. The number of aliphatic hydroxyl groups is 1. The van der Waals surface area contributed by atoms with Crippen LogP contribution in [0.2, 0.25) is 0 Å². The van der Waals surface area contributed by atoms with Crippen LogP contribution in [0.25, 0.3) is 0 Å². The summed E-state index contributed by atoms with van der Waals surface area (Å²) in [5.74, 6) is 2.38. The highest BCUT2D eigenvalue weighted by molar-refractivity contribution is 5.19. The highest BCUT2D eigenvalue weighted by Gasteiger charge is 2.12. The average Bonchev–Trinajstić information content (AvgIpc) is 2.17. The summed E-state index contributed by atoms with van der Waals surface area (Å²) in [6, 6.07) is 9.44. The van der Waals surface area contributed by atoms with Crippen molar-refractivity contribution in [3.8, 4) is 12.3 Å². The topological polar surface area (TPSA) is 20.2 Å². The molecule has 0 amide bonds. The van der Waals surface area contributed by atoms with E-state index in [0.717, 1.165) is 5.56 Å². The highest BCUT2D eigenvalue weighted by atomic mass is 16.3. The number of hydrogen-bond donors (Lipinski definition) is 1. The summed E-state index contributed by atoms with van der Waals surface area (Å²) in [5, 5.41) is 9.65. The van der Waals surface area contributed by atoms with Crippen LogP contribution in [-0.2, 0) is 0 Å². The molecule has 1 heteroatoms. The van der Waals surface area contributed by atoms with Gasteiger partial charge < -0.3 is 5.11 Å². The van der Waals surface area contributed by atoms with Crippen LogP contribution < -0.4 is 0 Å². The van der Waals surface area contributed by atoms with E-state index in [9.17, 15) is 5.11 Å². The van der Waals surface area contributed by atoms with Crippen LogP contribution in [-0.4, -0.2) is 5.11 Å².